The first-order chi connectivity index (χ1) is 16.9. The van der Waals surface area contributed by atoms with Gasteiger partial charge in [-0.15, -0.1) is 0 Å². The molecule has 0 saturated carbocycles. The molecule has 1 N–H and O–H groups in total. The predicted molar refractivity (Wildman–Crippen MR) is 127 cm³/mol. The maximum absolute atomic E-state index is 12.6. The molecule has 0 spiro atoms. The van der Waals surface area contributed by atoms with Crippen LogP contribution in [0.1, 0.15) is 54.8 Å². The molecular weight excluding hydrogens is 448 g/mol. The van der Waals surface area contributed by atoms with Crippen LogP contribution in [0.25, 0.3) is 0 Å². The van der Waals surface area contributed by atoms with Gasteiger partial charge in [0.1, 0.15) is 6.54 Å². The summed E-state index contributed by atoms with van der Waals surface area (Å²) in [4.78, 5) is 63.5. The van der Waals surface area contributed by atoms with E-state index in [-0.39, 0.29) is 11.3 Å². The predicted octanol–water partition coefficient (Wildman–Crippen LogP) is 3.42. The van der Waals surface area contributed by atoms with Gasteiger partial charge in [-0.2, -0.15) is 0 Å². The number of esters is 1. The van der Waals surface area contributed by atoms with Crippen molar-refractivity contribution in [3.8, 4) is 0 Å². The van der Waals surface area contributed by atoms with E-state index < -0.39 is 36.3 Å². The summed E-state index contributed by atoms with van der Waals surface area (Å²) in [6.45, 7) is 1.31. The second-order valence-corrected chi connectivity index (χ2v) is 7.84. The molecule has 1 aliphatic heterocycles. The van der Waals surface area contributed by atoms with Gasteiger partial charge in [0.25, 0.3) is 17.7 Å². The number of rotatable bonds is 8. The Morgan fingerprint density at radius 2 is 1.37 bits per heavy atom. The van der Waals surface area contributed by atoms with Crippen molar-refractivity contribution in [2.45, 2.75) is 19.4 Å². The lowest BCUT2D eigenvalue weighted by molar-refractivity contribution is -0.145. The van der Waals surface area contributed by atoms with Crippen molar-refractivity contribution in [2.75, 3.05) is 11.4 Å². The number of carbonyl (C=O) groups excluding carboxylic acids is 5. The number of imide groups is 1. The summed E-state index contributed by atoms with van der Waals surface area (Å²) in [7, 11) is 0. The molecule has 8 heteroatoms. The molecule has 3 aromatic rings. The second-order valence-electron chi connectivity index (χ2n) is 7.84. The Kier molecular flexibility index (Phi) is 6.82. The van der Waals surface area contributed by atoms with E-state index in [0.717, 1.165) is 4.90 Å². The van der Waals surface area contributed by atoms with E-state index in [1.807, 2.05) is 0 Å². The number of nitrogens with one attached hydrogen (secondary N) is 1. The molecule has 0 saturated heterocycles. The molecule has 0 radical (unpaired) electrons. The van der Waals surface area contributed by atoms with Crippen molar-refractivity contribution < 1.29 is 28.7 Å². The second kappa shape index (κ2) is 10.1. The van der Waals surface area contributed by atoms with Crippen molar-refractivity contribution in [3.05, 3.63) is 101 Å². The lowest BCUT2D eigenvalue weighted by Gasteiger charge is -2.16. The molecule has 3 amide bonds. The van der Waals surface area contributed by atoms with Crippen molar-refractivity contribution in [3.63, 3.8) is 0 Å². The fourth-order valence-electron chi connectivity index (χ4n) is 3.75. The molecule has 0 unspecified atom stereocenters. The maximum atomic E-state index is 12.6. The van der Waals surface area contributed by atoms with Crippen LogP contribution >= 0.6 is 0 Å². The molecule has 0 aliphatic carbocycles. The van der Waals surface area contributed by atoms with Crippen LogP contribution in [-0.2, 0) is 9.53 Å². The Morgan fingerprint density at radius 3 is 1.94 bits per heavy atom. The Bertz CT molecular complexity index is 1270. The molecule has 8 nitrogen and oxygen atoms in total. The fourth-order valence-corrected chi connectivity index (χ4v) is 3.75. The largest absolute Gasteiger partial charge is 0.453 e. The highest BCUT2D eigenvalue weighted by molar-refractivity contribution is 6.34. The van der Waals surface area contributed by atoms with E-state index in [9.17, 15) is 24.0 Å². The third kappa shape index (κ3) is 4.86. The average Bonchev–Trinajstić information content (AvgIpc) is 3.15. The zero-order chi connectivity index (χ0) is 24.9. The maximum Gasteiger partial charge on any atom is 0.326 e. The molecule has 1 atom stereocenters. The van der Waals surface area contributed by atoms with Gasteiger partial charge in [0, 0.05) is 11.1 Å². The number of hydrogen-bond acceptors (Lipinski definition) is 6. The van der Waals surface area contributed by atoms with Crippen LogP contribution < -0.4 is 10.2 Å². The summed E-state index contributed by atoms with van der Waals surface area (Å²) in [6, 6.07) is 21.0. The van der Waals surface area contributed by atoms with Gasteiger partial charge in [-0.3, -0.25) is 24.0 Å². The molecule has 0 bridgehead atoms. The van der Waals surface area contributed by atoms with Gasteiger partial charge in [-0.05, 0) is 42.8 Å². The van der Waals surface area contributed by atoms with Gasteiger partial charge < -0.3 is 10.1 Å². The topological polar surface area (TPSA) is 110 Å². The first-order valence-corrected chi connectivity index (χ1v) is 11.1. The number of ether oxygens (including phenoxy) is 1. The van der Waals surface area contributed by atoms with Crippen LogP contribution in [0, 0.1) is 0 Å². The van der Waals surface area contributed by atoms with Crippen molar-refractivity contribution in [2.24, 2.45) is 0 Å². The van der Waals surface area contributed by atoms with Crippen LogP contribution in [0.3, 0.4) is 0 Å². The van der Waals surface area contributed by atoms with Gasteiger partial charge >= 0.3 is 5.97 Å². The molecule has 3 aromatic carbocycles. The molecule has 1 aliphatic rings. The summed E-state index contributed by atoms with van der Waals surface area (Å²) in [5.74, 6) is -2.45. The zero-order valence-electron chi connectivity index (χ0n) is 18.9. The molecule has 176 valence electrons. The van der Waals surface area contributed by atoms with Crippen LogP contribution in [0.15, 0.2) is 78.9 Å². The van der Waals surface area contributed by atoms with E-state index in [4.69, 9.17) is 4.74 Å². The monoisotopic (exact) mass is 470 g/mol. The van der Waals surface area contributed by atoms with Crippen molar-refractivity contribution in [1.82, 2.24) is 5.32 Å². The summed E-state index contributed by atoms with van der Waals surface area (Å²) >= 11 is 0. The summed E-state index contributed by atoms with van der Waals surface area (Å²) in [5.41, 5.74) is 1.65. The number of amides is 3. The Labute approximate surface area is 201 Å². The zero-order valence-corrected chi connectivity index (χ0v) is 18.9. The van der Waals surface area contributed by atoms with Gasteiger partial charge in [0.05, 0.1) is 16.8 Å². The Morgan fingerprint density at radius 1 is 0.800 bits per heavy atom. The number of nitrogens with zero attached hydrogens (tertiary/aromatic N) is 1. The van der Waals surface area contributed by atoms with E-state index in [0.29, 0.717) is 28.8 Å². The highest BCUT2D eigenvalue weighted by Crippen LogP contribution is 2.28. The fraction of sp³-hybridized carbons (Fsp3) is 0.148. The Balaban J connectivity index is 1.34. The number of ketones is 1. The molecule has 1 heterocycles. The summed E-state index contributed by atoms with van der Waals surface area (Å²) in [5, 5.41) is 2.46. The van der Waals surface area contributed by atoms with Crippen LogP contribution in [0.5, 0.6) is 0 Å². The lowest BCUT2D eigenvalue weighted by atomic mass is 10.0. The first kappa shape index (κ1) is 23.6. The molecule has 0 fully saturated rings. The summed E-state index contributed by atoms with van der Waals surface area (Å²) < 4.78 is 5.26. The highest BCUT2D eigenvalue weighted by atomic mass is 16.5. The number of benzene rings is 3. The van der Waals surface area contributed by atoms with Crippen molar-refractivity contribution in [1.29, 1.82) is 0 Å². The third-order valence-corrected chi connectivity index (χ3v) is 5.57. The average molecular weight is 470 g/mol. The highest BCUT2D eigenvalue weighted by Gasteiger charge is 2.36. The number of hydrogen-bond donors (Lipinski definition) is 1. The standard InChI is InChI=1S/C27H22N2O6/c1-2-22(24(31)17-8-4-3-5-9-17)35-23(30)16-28-25(32)18-12-14-19(15-13-18)29-26(33)20-10-6-7-11-21(20)27(29)34/h3-15,22H,2,16H2,1H3,(H,28,32)/t22-/m1/s1. The minimum Gasteiger partial charge on any atom is -0.453 e. The van der Waals surface area contributed by atoms with Gasteiger partial charge in [-0.25, -0.2) is 4.90 Å². The summed E-state index contributed by atoms with van der Waals surface area (Å²) in [6.07, 6.45) is -0.645. The number of Topliss-reactive ketones (excluding diaryl/α,β-unsaturated/α-hetero) is 1. The molecular formula is C27H22N2O6. The van der Waals surface area contributed by atoms with Crippen LogP contribution in [0.4, 0.5) is 5.69 Å². The molecule has 35 heavy (non-hydrogen) atoms. The minimum atomic E-state index is -0.944. The van der Waals surface area contributed by atoms with E-state index >= 15 is 0 Å². The van der Waals surface area contributed by atoms with Gasteiger partial charge in [0.15, 0.2) is 6.10 Å². The number of anilines is 1. The van der Waals surface area contributed by atoms with E-state index in [1.54, 1.807) is 61.5 Å². The SMILES string of the molecule is CC[C@@H](OC(=O)CNC(=O)c1ccc(N2C(=O)c3ccccc3C2=O)cc1)C(=O)c1ccccc1. The molecule has 4 rings (SSSR count). The Hall–Kier alpha value is -4.59. The van der Waals surface area contributed by atoms with Gasteiger partial charge in [-0.1, -0.05) is 49.4 Å². The normalized spacial score (nSPS) is 13.2. The smallest absolute Gasteiger partial charge is 0.326 e. The lowest BCUT2D eigenvalue weighted by Crippen LogP contribution is -2.35. The number of carbonyl (C=O) groups is 5. The van der Waals surface area contributed by atoms with Crippen LogP contribution in [0.2, 0.25) is 0 Å². The van der Waals surface area contributed by atoms with E-state index in [1.165, 1.54) is 24.3 Å². The van der Waals surface area contributed by atoms with E-state index in [2.05, 4.69) is 5.32 Å². The van der Waals surface area contributed by atoms with Crippen LogP contribution in [-0.4, -0.2) is 42.1 Å². The number of fused-ring (bicyclic) bond motifs is 1. The van der Waals surface area contributed by atoms with Crippen molar-refractivity contribution >= 4 is 35.2 Å². The van der Waals surface area contributed by atoms with Gasteiger partial charge in [0.2, 0.25) is 5.78 Å². The quantitative estimate of drug-likeness (QED) is 0.307. The third-order valence-electron chi connectivity index (χ3n) is 5.57. The first-order valence-electron chi connectivity index (χ1n) is 11.1. The molecule has 0 aromatic heterocycles. The minimum absolute atomic E-state index is 0.227.